The molecule has 10 radical (unpaired) electrons. The molecule has 0 heterocycles. The number of rotatable bonds is 5. The monoisotopic (exact) mass is 441 g/mol. The Morgan fingerprint density at radius 1 is 0.655 bits per heavy atom. The van der Waals surface area contributed by atoms with Gasteiger partial charge in [-0.25, -0.2) is 0 Å². The third-order valence-corrected chi connectivity index (χ3v) is 7.39. The van der Waals surface area contributed by atoms with Crippen LogP contribution >= 0.6 is 7.92 Å². The number of hydrogen-bond acceptors (Lipinski definition) is 1. The van der Waals surface area contributed by atoms with Crippen molar-refractivity contribution in [2.75, 3.05) is 14.1 Å². The van der Waals surface area contributed by atoms with Gasteiger partial charge in [0.05, 0.1) is 0 Å². The summed E-state index contributed by atoms with van der Waals surface area (Å²) in [5.41, 5.74) is 1.47. The first-order valence-electron chi connectivity index (χ1n) is 9.67. The van der Waals surface area contributed by atoms with Crippen molar-refractivity contribution in [1.82, 2.24) is 4.90 Å². The molecule has 4 rings (SSSR count). The minimum atomic E-state index is -0.514. The molecular weight excluding hydrogens is 413 g/mol. The van der Waals surface area contributed by atoms with Gasteiger partial charge in [0.2, 0.25) is 0 Å². The van der Waals surface area contributed by atoms with E-state index in [4.69, 9.17) is 0 Å². The standard InChI is InChI=1S/C21H23NP.C5H5.Fe/c1-17(22(2)3)20-15-10-16-21(20)23(18-11-6-4-7-12-18)19-13-8-5-9-14-19;1-2-4-5-3-1;/h4-17H,1-3H3;1-5H;/q;;+2/t17-;;/m0../s1. The van der Waals surface area contributed by atoms with E-state index in [-0.39, 0.29) is 17.1 Å². The predicted molar refractivity (Wildman–Crippen MR) is 123 cm³/mol. The average molecular weight is 441 g/mol. The van der Waals surface area contributed by atoms with Crippen molar-refractivity contribution >= 4 is 18.5 Å². The molecule has 0 saturated heterocycles. The zero-order valence-electron chi connectivity index (χ0n) is 17.2. The molecule has 2 aromatic rings. The third-order valence-electron chi connectivity index (χ3n) is 4.88. The summed E-state index contributed by atoms with van der Waals surface area (Å²) in [6.07, 6.45) is 16.8. The van der Waals surface area contributed by atoms with Gasteiger partial charge in [-0.3, -0.25) is 0 Å². The second-order valence-corrected chi connectivity index (χ2v) is 9.16. The Balaban J connectivity index is 0.000000437. The molecule has 29 heavy (non-hydrogen) atoms. The van der Waals surface area contributed by atoms with Crippen molar-refractivity contribution in [3.8, 4) is 0 Å². The van der Waals surface area contributed by atoms with Crippen LogP contribution in [0.25, 0.3) is 0 Å². The fraction of sp³-hybridized carbons (Fsp3) is 0.154. The molecule has 2 fully saturated rings. The molecule has 2 aromatic carbocycles. The molecule has 0 spiro atoms. The van der Waals surface area contributed by atoms with Crippen molar-refractivity contribution in [1.29, 1.82) is 0 Å². The van der Waals surface area contributed by atoms with E-state index in [1.807, 2.05) is 32.1 Å². The Morgan fingerprint density at radius 2 is 1.10 bits per heavy atom. The van der Waals surface area contributed by atoms with Crippen LogP contribution in [-0.4, -0.2) is 25.0 Å². The first-order chi connectivity index (χ1) is 13.7. The molecular formula is C26H28FeNP+2. The summed E-state index contributed by atoms with van der Waals surface area (Å²) in [5, 5.41) is 2.82. The summed E-state index contributed by atoms with van der Waals surface area (Å²) in [7, 11) is 3.78. The van der Waals surface area contributed by atoms with Gasteiger partial charge in [-0.1, -0.05) is 60.7 Å². The normalized spacial score (nSPS) is 18.4. The van der Waals surface area contributed by atoms with Gasteiger partial charge in [0.1, 0.15) is 0 Å². The largest absolute Gasteiger partial charge is 2.00 e. The molecule has 0 unspecified atom stereocenters. The Kier molecular flexibility index (Phi) is 11.0. The van der Waals surface area contributed by atoms with E-state index < -0.39 is 7.92 Å². The van der Waals surface area contributed by atoms with Gasteiger partial charge in [0.25, 0.3) is 0 Å². The first-order valence-corrected chi connectivity index (χ1v) is 11.0. The molecule has 1 nitrogen and oxygen atoms in total. The van der Waals surface area contributed by atoms with Crippen molar-refractivity contribution in [2.24, 2.45) is 0 Å². The number of nitrogens with zero attached hydrogens (tertiary/aromatic N) is 1. The summed E-state index contributed by atoms with van der Waals surface area (Å²) in [6.45, 7) is 2.28. The minimum Gasteiger partial charge on any atom is -0.306 e. The van der Waals surface area contributed by atoms with Crippen LogP contribution in [0, 0.1) is 62.9 Å². The van der Waals surface area contributed by atoms with Crippen LogP contribution in [0.3, 0.4) is 0 Å². The molecule has 2 aliphatic rings. The molecule has 0 amide bonds. The zero-order valence-corrected chi connectivity index (χ0v) is 19.2. The Hall–Kier alpha value is -0.651. The van der Waals surface area contributed by atoms with E-state index in [2.05, 4.69) is 106 Å². The molecule has 0 aromatic heterocycles. The Morgan fingerprint density at radius 3 is 1.52 bits per heavy atom. The summed E-state index contributed by atoms with van der Waals surface area (Å²) in [5.74, 6) is 1.44. The van der Waals surface area contributed by atoms with Gasteiger partial charge in [-0.15, -0.1) is 0 Å². The molecule has 148 valence electrons. The van der Waals surface area contributed by atoms with Crippen LogP contribution in [0.1, 0.15) is 6.92 Å². The maximum atomic E-state index is 2.31. The molecule has 1 atom stereocenters. The van der Waals surface area contributed by atoms with Crippen LogP contribution in [-0.2, 0) is 17.1 Å². The second kappa shape index (κ2) is 12.9. The third kappa shape index (κ3) is 6.93. The van der Waals surface area contributed by atoms with Gasteiger partial charge in [-0.05, 0) is 90.9 Å². The van der Waals surface area contributed by atoms with E-state index in [1.165, 1.54) is 22.2 Å². The fourth-order valence-electron chi connectivity index (χ4n) is 3.16. The topological polar surface area (TPSA) is 3.24 Å². The summed E-state index contributed by atoms with van der Waals surface area (Å²) in [4.78, 5) is 2.28. The SMILES string of the molecule is C[C@@H]([C]1[CH][CH][CH][C]1P(c1ccccc1)c1ccccc1)N(C)C.[CH]1[CH][CH][CH][CH]1.[Fe+2]. The summed E-state index contributed by atoms with van der Waals surface area (Å²) in [6, 6.07) is 22.2. The van der Waals surface area contributed by atoms with Crippen LogP contribution < -0.4 is 10.6 Å². The van der Waals surface area contributed by atoms with Gasteiger partial charge < -0.3 is 4.90 Å². The summed E-state index contributed by atoms with van der Waals surface area (Å²) < 4.78 is 0. The van der Waals surface area contributed by atoms with Crippen molar-refractivity contribution in [3.05, 3.63) is 124 Å². The fourth-order valence-corrected chi connectivity index (χ4v) is 5.71. The molecule has 3 heteroatoms. The molecule has 0 bridgehead atoms. The van der Waals surface area contributed by atoms with Gasteiger partial charge in [0, 0.05) is 17.6 Å². The smallest absolute Gasteiger partial charge is 0.306 e. The first kappa shape index (κ1) is 24.6. The minimum absolute atomic E-state index is 0. The maximum absolute atomic E-state index is 2.31. The maximum Gasteiger partial charge on any atom is 2.00 e. The van der Waals surface area contributed by atoms with E-state index in [0.717, 1.165) is 0 Å². The zero-order chi connectivity index (χ0) is 19.8. The summed E-state index contributed by atoms with van der Waals surface area (Å²) >= 11 is 0. The van der Waals surface area contributed by atoms with Crippen molar-refractivity contribution in [2.45, 2.75) is 13.0 Å². The molecule has 0 N–H and O–H groups in total. The molecule has 0 aliphatic heterocycles. The van der Waals surface area contributed by atoms with Crippen molar-refractivity contribution in [3.63, 3.8) is 0 Å². The van der Waals surface area contributed by atoms with Crippen molar-refractivity contribution < 1.29 is 17.1 Å². The van der Waals surface area contributed by atoms with Crippen LogP contribution in [0.5, 0.6) is 0 Å². The average Bonchev–Trinajstić information content (AvgIpc) is 3.45. The van der Waals surface area contributed by atoms with Gasteiger partial charge in [0.15, 0.2) is 0 Å². The Bertz CT molecular complexity index is 625. The van der Waals surface area contributed by atoms with Crippen LogP contribution in [0.2, 0.25) is 0 Å². The van der Waals surface area contributed by atoms with E-state index in [1.54, 1.807) is 0 Å². The number of benzene rings is 2. The van der Waals surface area contributed by atoms with E-state index in [9.17, 15) is 0 Å². The molecule has 2 aliphatic carbocycles. The van der Waals surface area contributed by atoms with Crippen LogP contribution in [0.4, 0.5) is 0 Å². The van der Waals surface area contributed by atoms with E-state index in [0.29, 0.717) is 6.04 Å². The van der Waals surface area contributed by atoms with Gasteiger partial charge in [-0.2, -0.15) is 0 Å². The predicted octanol–water partition coefficient (Wildman–Crippen LogP) is 4.82. The quantitative estimate of drug-likeness (QED) is 0.475. The Labute approximate surface area is 190 Å². The number of hydrogen-bond donors (Lipinski definition) is 0. The van der Waals surface area contributed by atoms with E-state index >= 15 is 0 Å². The van der Waals surface area contributed by atoms with Crippen LogP contribution in [0.15, 0.2) is 60.7 Å². The second-order valence-electron chi connectivity index (χ2n) is 6.97. The molecule has 2 saturated carbocycles. The van der Waals surface area contributed by atoms with Gasteiger partial charge >= 0.3 is 17.1 Å².